The summed E-state index contributed by atoms with van der Waals surface area (Å²) in [4.78, 5) is 14.6. The maximum Gasteiger partial charge on any atom is 0.416 e. The van der Waals surface area contributed by atoms with E-state index in [1.165, 1.54) is 16.3 Å². The lowest BCUT2D eigenvalue weighted by molar-refractivity contribution is 0.000400. The van der Waals surface area contributed by atoms with Gasteiger partial charge < -0.3 is 9.47 Å². The predicted molar refractivity (Wildman–Crippen MR) is 117 cm³/mol. The number of rotatable bonds is 4. The zero-order valence-electron chi connectivity index (χ0n) is 18.3. The second-order valence-corrected chi connectivity index (χ2v) is 9.96. The molecule has 2 aliphatic rings. The standard InChI is InChI=1S/C23H28N2O5S/c1-5-30-22(26)25-20-12-9-17(3)15-19(20)23(21(25)29-4)13-6-14-24(23)31(27,28)18-10-7-16(2)8-11-18/h7-12,15,21H,5-6,13-14H2,1-4H3/t21-,23+/m1/s1. The second-order valence-electron chi connectivity index (χ2n) is 8.10. The number of amides is 1. The number of benzene rings is 2. The Morgan fingerprint density at radius 2 is 1.81 bits per heavy atom. The summed E-state index contributed by atoms with van der Waals surface area (Å²) in [5.41, 5.74) is 2.35. The normalized spacial score (nSPS) is 23.4. The fraction of sp³-hybridized carbons (Fsp3) is 0.435. The Bertz CT molecular complexity index is 1100. The van der Waals surface area contributed by atoms with E-state index in [0.717, 1.165) is 16.7 Å². The average Bonchev–Trinajstić information content (AvgIpc) is 3.29. The molecular formula is C23H28N2O5S. The summed E-state index contributed by atoms with van der Waals surface area (Å²) < 4.78 is 40.3. The molecule has 1 amide bonds. The molecule has 2 heterocycles. The molecule has 0 aromatic heterocycles. The zero-order chi connectivity index (χ0) is 22.4. The number of nitrogens with zero attached hydrogens (tertiary/aromatic N) is 2. The SMILES string of the molecule is CCOC(=O)N1c2ccc(C)cc2[C@@]2(CCCN2S(=O)(=O)c2ccc(C)cc2)[C@H]1OC. The Labute approximate surface area is 183 Å². The highest BCUT2D eigenvalue weighted by atomic mass is 32.2. The van der Waals surface area contributed by atoms with Crippen LogP contribution >= 0.6 is 0 Å². The highest BCUT2D eigenvalue weighted by Crippen LogP contribution is 2.55. The van der Waals surface area contributed by atoms with Crippen LogP contribution in [0.1, 0.15) is 36.5 Å². The Hall–Kier alpha value is -2.42. The van der Waals surface area contributed by atoms with E-state index in [1.54, 1.807) is 31.2 Å². The van der Waals surface area contributed by atoms with Gasteiger partial charge in [-0.2, -0.15) is 4.31 Å². The minimum atomic E-state index is -3.83. The Kier molecular flexibility index (Phi) is 5.57. The average molecular weight is 445 g/mol. The predicted octanol–water partition coefficient (Wildman–Crippen LogP) is 3.93. The van der Waals surface area contributed by atoms with Gasteiger partial charge >= 0.3 is 6.09 Å². The Morgan fingerprint density at radius 3 is 2.45 bits per heavy atom. The van der Waals surface area contributed by atoms with Crippen molar-refractivity contribution in [1.82, 2.24) is 4.31 Å². The van der Waals surface area contributed by atoms with Crippen LogP contribution in [0.5, 0.6) is 0 Å². The highest BCUT2D eigenvalue weighted by Gasteiger charge is 2.62. The van der Waals surface area contributed by atoms with Gasteiger partial charge in [0.25, 0.3) is 0 Å². The molecule has 0 saturated carbocycles. The number of anilines is 1. The number of methoxy groups -OCH3 is 1. The molecule has 1 saturated heterocycles. The third-order valence-corrected chi connectivity index (χ3v) is 8.14. The summed E-state index contributed by atoms with van der Waals surface area (Å²) in [6.45, 7) is 6.18. The number of aryl methyl sites for hydroxylation is 2. The van der Waals surface area contributed by atoms with Crippen LogP contribution in [0.3, 0.4) is 0 Å². The van der Waals surface area contributed by atoms with Crippen molar-refractivity contribution in [2.75, 3.05) is 25.2 Å². The molecule has 4 rings (SSSR count). The van der Waals surface area contributed by atoms with Gasteiger partial charge in [0.15, 0.2) is 6.23 Å². The van der Waals surface area contributed by atoms with E-state index in [1.807, 2.05) is 32.0 Å². The molecule has 2 aromatic carbocycles. The smallest absolute Gasteiger partial charge is 0.416 e. The summed E-state index contributed by atoms with van der Waals surface area (Å²) in [5, 5.41) is 0. The van der Waals surface area contributed by atoms with Gasteiger partial charge in [0.2, 0.25) is 10.0 Å². The molecule has 2 atom stereocenters. The van der Waals surface area contributed by atoms with Gasteiger partial charge in [0.1, 0.15) is 5.54 Å². The lowest BCUT2D eigenvalue weighted by Crippen LogP contribution is -2.56. The Balaban J connectivity index is 1.92. The topological polar surface area (TPSA) is 76.2 Å². The van der Waals surface area contributed by atoms with Crippen LogP contribution in [0, 0.1) is 13.8 Å². The van der Waals surface area contributed by atoms with E-state index in [-0.39, 0.29) is 11.5 Å². The van der Waals surface area contributed by atoms with E-state index in [9.17, 15) is 13.2 Å². The van der Waals surface area contributed by atoms with Crippen LogP contribution in [0.25, 0.3) is 0 Å². The lowest BCUT2D eigenvalue weighted by Gasteiger charge is -2.40. The van der Waals surface area contributed by atoms with Crippen molar-refractivity contribution in [3.05, 3.63) is 59.2 Å². The maximum atomic E-state index is 13.8. The molecule has 0 unspecified atom stereocenters. The minimum Gasteiger partial charge on any atom is -0.449 e. The molecule has 31 heavy (non-hydrogen) atoms. The van der Waals surface area contributed by atoms with Crippen molar-refractivity contribution in [2.45, 2.75) is 50.3 Å². The number of ether oxygens (including phenoxy) is 2. The molecule has 166 valence electrons. The molecule has 0 N–H and O–H groups in total. The zero-order valence-corrected chi connectivity index (χ0v) is 19.1. The second kappa shape index (κ2) is 7.93. The maximum absolute atomic E-state index is 13.8. The van der Waals surface area contributed by atoms with Gasteiger partial charge in [-0.3, -0.25) is 0 Å². The molecule has 2 aromatic rings. The van der Waals surface area contributed by atoms with Gasteiger partial charge in [-0.25, -0.2) is 18.1 Å². The summed E-state index contributed by atoms with van der Waals surface area (Å²) >= 11 is 0. The molecule has 0 bridgehead atoms. The molecule has 8 heteroatoms. The molecule has 1 fully saturated rings. The van der Waals surface area contributed by atoms with Crippen LogP contribution in [-0.4, -0.2) is 45.3 Å². The van der Waals surface area contributed by atoms with Crippen molar-refractivity contribution in [1.29, 1.82) is 0 Å². The van der Waals surface area contributed by atoms with Crippen molar-refractivity contribution in [3.8, 4) is 0 Å². The number of carbonyl (C=O) groups excluding carboxylic acids is 1. The number of carbonyl (C=O) groups is 1. The first-order valence-corrected chi connectivity index (χ1v) is 11.9. The molecule has 2 aliphatic heterocycles. The fourth-order valence-corrected chi connectivity index (χ4v) is 6.68. The van der Waals surface area contributed by atoms with E-state index in [2.05, 4.69) is 0 Å². The minimum absolute atomic E-state index is 0.214. The van der Waals surface area contributed by atoms with Gasteiger partial charge in [0, 0.05) is 19.2 Å². The molecule has 7 nitrogen and oxygen atoms in total. The summed E-state index contributed by atoms with van der Waals surface area (Å²) in [5.74, 6) is 0. The number of hydrogen-bond donors (Lipinski definition) is 0. The highest BCUT2D eigenvalue weighted by molar-refractivity contribution is 7.89. The van der Waals surface area contributed by atoms with E-state index in [0.29, 0.717) is 25.1 Å². The summed E-state index contributed by atoms with van der Waals surface area (Å²) in [7, 11) is -2.33. The third kappa shape index (κ3) is 3.24. The first kappa shape index (κ1) is 21.8. The van der Waals surface area contributed by atoms with Crippen molar-refractivity contribution < 1.29 is 22.7 Å². The first-order chi connectivity index (χ1) is 14.8. The molecule has 0 radical (unpaired) electrons. The van der Waals surface area contributed by atoms with Crippen LogP contribution in [0.2, 0.25) is 0 Å². The lowest BCUT2D eigenvalue weighted by atomic mass is 9.88. The van der Waals surface area contributed by atoms with Crippen LogP contribution in [0.15, 0.2) is 47.4 Å². The largest absolute Gasteiger partial charge is 0.449 e. The monoisotopic (exact) mass is 444 g/mol. The third-order valence-electron chi connectivity index (χ3n) is 6.18. The van der Waals surface area contributed by atoms with Crippen LogP contribution in [-0.2, 0) is 25.0 Å². The Morgan fingerprint density at radius 1 is 1.13 bits per heavy atom. The van der Waals surface area contributed by atoms with E-state index < -0.39 is 27.9 Å². The van der Waals surface area contributed by atoms with Crippen molar-refractivity contribution in [3.63, 3.8) is 0 Å². The van der Waals surface area contributed by atoms with Crippen LogP contribution in [0.4, 0.5) is 10.5 Å². The molecule has 0 aliphatic carbocycles. The van der Waals surface area contributed by atoms with Crippen molar-refractivity contribution in [2.24, 2.45) is 0 Å². The molecule has 1 spiro atoms. The van der Waals surface area contributed by atoms with Gasteiger partial charge in [0.05, 0.1) is 17.2 Å². The number of hydrogen-bond acceptors (Lipinski definition) is 5. The van der Waals surface area contributed by atoms with Gasteiger partial charge in [-0.15, -0.1) is 0 Å². The number of sulfonamides is 1. The summed E-state index contributed by atoms with van der Waals surface area (Å²) in [6.07, 6.45) is -0.167. The molecular weight excluding hydrogens is 416 g/mol. The quantitative estimate of drug-likeness (QED) is 0.714. The first-order valence-electron chi connectivity index (χ1n) is 10.5. The number of fused-ring (bicyclic) bond motifs is 2. The van der Waals surface area contributed by atoms with Crippen molar-refractivity contribution >= 4 is 21.8 Å². The van der Waals surface area contributed by atoms with Crippen LogP contribution < -0.4 is 4.90 Å². The van der Waals surface area contributed by atoms with E-state index in [4.69, 9.17) is 9.47 Å². The van der Waals surface area contributed by atoms with Gasteiger partial charge in [-0.1, -0.05) is 35.4 Å². The summed E-state index contributed by atoms with van der Waals surface area (Å²) in [6, 6.07) is 12.6. The fourth-order valence-electron chi connectivity index (χ4n) is 4.87. The van der Waals surface area contributed by atoms with Gasteiger partial charge in [-0.05, 0) is 51.8 Å². The van der Waals surface area contributed by atoms with E-state index >= 15 is 0 Å².